The van der Waals surface area contributed by atoms with E-state index in [-0.39, 0.29) is 24.2 Å². The van der Waals surface area contributed by atoms with Crippen molar-refractivity contribution in [1.82, 2.24) is 10.2 Å². The third-order valence-corrected chi connectivity index (χ3v) is 2.99. The largest absolute Gasteiger partial charge is 0.383 e. The normalized spacial score (nSPS) is 10.2. The number of methoxy groups -OCH3 is 1. The molecule has 0 bridgehead atoms. The zero-order chi connectivity index (χ0) is 15.7. The minimum atomic E-state index is -0.280. The summed E-state index contributed by atoms with van der Waals surface area (Å²) in [6.07, 6.45) is 0.615. The van der Waals surface area contributed by atoms with Gasteiger partial charge in [-0.2, -0.15) is 0 Å². The first-order valence-corrected chi connectivity index (χ1v) is 6.78. The predicted molar refractivity (Wildman–Crippen MR) is 77.2 cm³/mol. The maximum absolute atomic E-state index is 12.7. The minimum absolute atomic E-state index is 0.0160. The van der Waals surface area contributed by atoms with Gasteiger partial charge in [0.05, 0.1) is 13.2 Å². The quantitative estimate of drug-likeness (QED) is 0.778. The molecule has 0 unspecified atom stereocenters. The molecule has 1 aromatic rings. The smallest absolute Gasteiger partial charge is 0.239 e. The van der Waals surface area contributed by atoms with Crippen LogP contribution in [0.25, 0.3) is 0 Å². The van der Waals surface area contributed by atoms with Gasteiger partial charge >= 0.3 is 0 Å². The van der Waals surface area contributed by atoms with Gasteiger partial charge in [0.2, 0.25) is 11.8 Å². The fourth-order valence-electron chi connectivity index (χ4n) is 1.78. The number of nitrogens with zero attached hydrogens (tertiary/aromatic N) is 1. The highest BCUT2D eigenvalue weighted by atomic mass is 19.1. The molecule has 1 rings (SSSR count). The van der Waals surface area contributed by atoms with E-state index in [1.807, 2.05) is 0 Å². The summed E-state index contributed by atoms with van der Waals surface area (Å²) in [6.45, 7) is 2.66. The van der Waals surface area contributed by atoms with E-state index in [2.05, 4.69) is 5.32 Å². The van der Waals surface area contributed by atoms with Crippen molar-refractivity contribution in [2.75, 3.05) is 33.4 Å². The number of rotatable bonds is 8. The van der Waals surface area contributed by atoms with Crippen LogP contribution in [0, 0.1) is 5.82 Å². The second kappa shape index (κ2) is 9.07. The summed E-state index contributed by atoms with van der Waals surface area (Å²) >= 11 is 0. The highest BCUT2D eigenvalue weighted by Gasteiger charge is 2.12. The topological polar surface area (TPSA) is 58.6 Å². The van der Waals surface area contributed by atoms with Gasteiger partial charge in [0.15, 0.2) is 0 Å². The SMILES string of the molecule is COCCN(CC(=O)NCCc1ccc(F)cc1)C(C)=O. The molecule has 5 nitrogen and oxygen atoms in total. The van der Waals surface area contributed by atoms with Gasteiger partial charge < -0.3 is 15.0 Å². The highest BCUT2D eigenvalue weighted by Crippen LogP contribution is 2.02. The molecular formula is C15H21FN2O3. The molecule has 1 aromatic carbocycles. The van der Waals surface area contributed by atoms with Crippen LogP contribution in [0.1, 0.15) is 12.5 Å². The first kappa shape index (κ1) is 17.1. The molecule has 1 N–H and O–H groups in total. The Morgan fingerprint density at radius 3 is 2.52 bits per heavy atom. The number of halogens is 1. The van der Waals surface area contributed by atoms with E-state index in [0.717, 1.165) is 5.56 Å². The first-order chi connectivity index (χ1) is 10.0. The summed E-state index contributed by atoms with van der Waals surface area (Å²) in [5.41, 5.74) is 0.944. The van der Waals surface area contributed by atoms with Gasteiger partial charge in [-0.05, 0) is 24.1 Å². The molecule has 0 heterocycles. The Morgan fingerprint density at radius 1 is 1.29 bits per heavy atom. The molecule has 0 radical (unpaired) electrons. The zero-order valence-corrected chi connectivity index (χ0v) is 12.4. The van der Waals surface area contributed by atoms with Gasteiger partial charge in [0.1, 0.15) is 5.82 Å². The summed E-state index contributed by atoms with van der Waals surface area (Å²) in [5.74, 6) is -0.665. The first-order valence-electron chi connectivity index (χ1n) is 6.78. The monoisotopic (exact) mass is 296 g/mol. The number of ether oxygens (including phenoxy) is 1. The Morgan fingerprint density at radius 2 is 1.95 bits per heavy atom. The van der Waals surface area contributed by atoms with Gasteiger partial charge in [-0.1, -0.05) is 12.1 Å². The van der Waals surface area contributed by atoms with Crippen LogP contribution in [0.4, 0.5) is 4.39 Å². The number of carbonyl (C=O) groups excluding carboxylic acids is 2. The maximum Gasteiger partial charge on any atom is 0.239 e. The number of carbonyl (C=O) groups is 2. The Bertz CT molecular complexity index is 462. The third kappa shape index (κ3) is 6.85. The molecular weight excluding hydrogens is 275 g/mol. The van der Waals surface area contributed by atoms with Crippen molar-refractivity contribution < 1.29 is 18.7 Å². The van der Waals surface area contributed by atoms with Crippen molar-refractivity contribution in [2.45, 2.75) is 13.3 Å². The second-order valence-corrected chi connectivity index (χ2v) is 4.66. The molecule has 0 fully saturated rings. The van der Waals surface area contributed by atoms with E-state index in [0.29, 0.717) is 26.1 Å². The van der Waals surface area contributed by atoms with E-state index in [1.165, 1.54) is 24.0 Å². The van der Waals surface area contributed by atoms with E-state index >= 15 is 0 Å². The summed E-state index contributed by atoms with van der Waals surface area (Å²) in [6, 6.07) is 6.14. The summed E-state index contributed by atoms with van der Waals surface area (Å²) < 4.78 is 17.6. The van der Waals surface area contributed by atoms with Gasteiger partial charge in [-0.15, -0.1) is 0 Å². The van der Waals surface area contributed by atoms with Crippen molar-refractivity contribution in [3.63, 3.8) is 0 Å². The van der Waals surface area contributed by atoms with E-state index in [9.17, 15) is 14.0 Å². The molecule has 0 saturated carbocycles. The Balaban J connectivity index is 2.32. The standard InChI is InChI=1S/C15H21FN2O3/c1-12(19)18(9-10-21-2)11-15(20)17-8-7-13-3-5-14(16)6-4-13/h3-6H,7-11H2,1-2H3,(H,17,20). The van der Waals surface area contributed by atoms with Crippen LogP contribution in [0.2, 0.25) is 0 Å². The van der Waals surface area contributed by atoms with Crippen LogP contribution in [0.3, 0.4) is 0 Å². The second-order valence-electron chi connectivity index (χ2n) is 4.66. The van der Waals surface area contributed by atoms with Crippen molar-refractivity contribution in [2.24, 2.45) is 0 Å². The number of hydrogen-bond acceptors (Lipinski definition) is 3. The number of hydrogen-bond donors (Lipinski definition) is 1. The van der Waals surface area contributed by atoms with Gasteiger partial charge in [0.25, 0.3) is 0 Å². The van der Waals surface area contributed by atoms with Crippen molar-refractivity contribution in [3.8, 4) is 0 Å². The van der Waals surface area contributed by atoms with Crippen LogP contribution in [0.15, 0.2) is 24.3 Å². The fourth-order valence-corrected chi connectivity index (χ4v) is 1.78. The van der Waals surface area contributed by atoms with Crippen molar-refractivity contribution in [1.29, 1.82) is 0 Å². The average molecular weight is 296 g/mol. The fraction of sp³-hybridized carbons (Fsp3) is 0.467. The van der Waals surface area contributed by atoms with Crippen LogP contribution >= 0.6 is 0 Å². The van der Waals surface area contributed by atoms with E-state index < -0.39 is 0 Å². The Kier molecular flexibility index (Phi) is 7.39. The summed E-state index contributed by atoms with van der Waals surface area (Å²) in [5, 5.41) is 2.74. The summed E-state index contributed by atoms with van der Waals surface area (Å²) in [4.78, 5) is 24.6. The van der Waals surface area contributed by atoms with Crippen LogP contribution in [-0.2, 0) is 20.7 Å². The molecule has 116 valence electrons. The van der Waals surface area contributed by atoms with E-state index in [1.54, 1.807) is 19.2 Å². The Labute approximate surface area is 124 Å². The lowest BCUT2D eigenvalue weighted by Crippen LogP contribution is -2.41. The van der Waals surface area contributed by atoms with Crippen molar-refractivity contribution >= 4 is 11.8 Å². The molecule has 0 saturated heterocycles. The third-order valence-electron chi connectivity index (χ3n) is 2.99. The van der Waals surface area contributed by atoms with Gasteiger partial charge in [-0.25, -0.2) is 4.39 Å². The molecule has 0 aromatic heterocycles. The van der Waals surface area contributed by atoms with Gasteiger partial charge in [-0.3, -0.25) is 9.59 Å². The summed E-state index contributed by atoms with van der Waals surface area (Å²) in [7, 11) is 1.54. The lowest BCUT2D eigenvalue weighted by molar-refractivity contribution is -0.134. The molecule has 0 aliphatic heterocycles. The molecule has 0 atom stereocenters. The lowest BCUT2D eigenvalue weighted by atomic mass is 10.1. The van der Waals surface area contributed by atoms with Crippen LogP contribution in [-0.4, -0.2) is 50.1 Å². The lowest BCUT2D eigenvalue weighted by Gasteiger charge is -2.19. The minimum Gasteiger partial charge on any atom is -0.383 e. The number of nitrogens with one attached hydrogen (secondary N) is 1. The maximum atomic E-state index is 12.7. The predicted octanol–water partition coefficient (Wildman–Crippen LogP) is 0.979. The molecule has 6 heteroatoms. The van der Waals surface area contributed by atoms with Crippen molar-refractivity contribution in [3.05, 3.63) is 35.6 Å². The number of benzene rings is 1. The van der Waals surface area contributed by atoms with Gasteiger partial charge in [0, 0.05) is 27.1 Å². The average Bonchev–Trinajstić information content (AvgIpc) is 2.45. The number of amides is 2. The Hall–Kier alpha value is -1.95. The molecule has 21 heavy (non-hydrogen) atoms. The highest BCUT2D eigenvalue weighted by molar-refractivity contribution is 5.83. The molecule has 0 aliphatic carbocycles. The molecule has 0 aliphatic rings. The van der Waals surface area contributed by atoms with Crippen LogP contribution in [0.5, 0.6) is 0 Å². The van der Waals surface area contributed by atoms with Crippen LogP contribution < -0.4 is 5.32 Å². The van der Waals surface area contributed by atoms with E-state index in [4.69, 9.17) is 4.74 Å². The molecule has 2 amide bonds. The molecule has 0 spiro atoms. The zero-order valence-electron chi connectivity index (χ0n) is 12.4.